The highest BCUT2D eigenvalue weighted by molar-refractivity contribution is 7.47. The number of unbranched alkanes of at least 4 members (excludes halogenated alkanes) is 18. The first-order valence-electron chi connectivity index (χ1n) is 20.9. The summed E-state index contributed by atoms with van der Waals surface area (Å²) in [6.45, 7) is 3.68. The summed E-state index contributed by atoms with van der Waals surface area (Å²) in [5, 5.41) is 74.1. The summed E-state index contributed by atoms with van der Waals surface area (Å²) >= 11 is 0. The van der Waals surface area contributed by atoms with Crippen LogP contribution < -0.4 is 5.32 Å². The summed E-state index contributed by atoms with van der Waals surface area (Å²) < 4.78 is 22.8. The number of amides is 1. The molecule has 0 aliphatic heterocycles. The maximum atomic E-state index is 12.9. The van der Waals surface area contributed by atoms with E-state index in [-0.39, 0.29) is 6.42 Å². The van der Waals surface area contributed by atoms with Crippen LogP contribution in [0.15, 0.2) is 24.3 Å². The molecule has 1 fully saturated rings. The lowest BCUT2D eigenvalue weighted by Gasteiger charge is -2.41. The molecule has 0 aromatic heterocycles. The van der Waals surface area contributed by atoms with Crippen LogP contribution in [-0.4, -0.2) is 108 Å². The fourth-order valence-electron chi connectivity index (χ4n) is 6.53. The fraction of sp³-hybridized carbons (Fsp3) is 0.875. The molecule has 0 spiro atoms. The van der Waals surface area contributed by atoms with E-state index in [2.05, 4.69) is 31.3 Å². The minimum atomic E-state index is -5.14. The Bertz CT molecular complexity index is 1030. The molecule has 54 heavy (non-hydrogen) atoms. The Morgan fingerprint density at radius 3 is 1.57 bits per heavy atom. The van der Waals surface area contributed by atoms with Crippen LogP contribution in [0.25, 0.3) is 0 Å². The summed E-state index contributed by atoms with van der Waals surface area (Å²) in [4.78, 5) is 23.3. The van der Waals surface area contributed by atoms with Gasteiger partial charge in [-0.3, -0.25) is 13.8 Å². The van der Waals surface area contributed by atoms with Gasteiger partial charge in [-0.15, -0.1) is 0 Å². The predicted molar refractivity (Wildman–Crippen MR) is 210 cm³/mol. The minimum Gasteiger partial charge on any atom is -0.393 e. The molecular formula is C40H76NO12P. The normalized spacial score (nSPS) is 24.9. The van der Waals surface area contributed by atoms with Crippen molar-refractivity contribution in [1.29, 1.82) is 0 Å². The van der Waals surface area contributed by atoms with Gasteiger partial charge in [0.2, 0.25) is 5.91 Å². The highest BCUT2D eigenvalue weighted by Crippen LogP contribution is 2.47. The molecular weight excluding hydrogens is 717 g/mol. The van der Waals surface area contributed by atoms with Crippen molar-refractivity contribution in [1.82, 2.24) is 5.32 Å². The number of aliphatic hydroxyl groups is 7. The lowest BCUT2D eigenvalue weighted by atomic mass is 9.85. The van der Waals surface area contributed by atoms with Gasteiger partial charge in [0.25, 0.3) is 0 Å². The molecule has 0 heterocycles. The number of phosphoric ester groups is 1. The van der Waals surface area contributed by atoms with Crippen molar-refractivity contribution in [2.75, 3.05) is 6.61 Å². The zero-order chi connectivity index (χ0) is 40.2. The Kier molecular flexibility index (Phi) is 29.0. The van der Waals surface area contributed by atoms with Crippen molar-refractivity contribution in [3.63, 3.8) is 0 Å². The number of phosphoric acid groups is 1. The molecule has 9 N–H and O–H groups in total. The fourth-order valence-corrected chi connectivity index (χ4v) is 7.50. The summed E-state index contributed by atoms with van der Waals surface area (Å²) in [6.07, 6.45) is 17.1. The summed E-state index contributed by atoms with van der Waals surface area (Å²) in [6, 6.07) is -1.24. The summed E-state index contributed by atoms with van der Waals surface area (Å²) in [5.41, 5.74) is 0. The second-order valence-electron chi connectivity index (χ2n) is 15.0. The molecule has 8 atom stereocenters. The van der Waals surface area contributed by atoms with Crippen LogP contribution in [-0.2, 0) is 18.4 Å². The van der Waals surface area contributed by atoms with Gasteiger partial charge in [0.05, 0.1) is 31.3 Å². The van der Waals surface area contributed by atoms with Crippen LogP contribution >= 0.6 is 7.82 Å². The van der Waals surface area contributed by atoms with E-state index >= 15 is 0 Å². The van der Waals surface area contributed by atoms with E-state index < -0.39 is 75.2 Å². The molecule has 0 aromatic carbocycles. The number of carbonyl (C=O) groups excluding carboxylic acids is 1. The van der Waals surface area contributed by atoms with Gasteiger partial charge in [-0.1, -0.05) is 134 Å². The van der Waals surface area contributed by atoms with Crippen LogP contribution in [0.4, 0.5) is 0 Å². The molecule has 0 bridgehead atoms. The maximum absolute atomic E-state index is 12.9. The van der Waals surface area contributed by atoms with Crippen molar-refractivity contribution in [3.8, 4) is 0 Å². The Hall–Kier alpha value is -1.22. The van der Waals surface area contributed by atoms with Crippen LogP contribution in [0.3, 0.4) is 0 Å². The van der Waals surface area contributed by atoms with Gasteiger partial charge in [0.15, 0.2) is 0 Å². The molecule has 1 aliphatic carbocycles. The molecule has 13 nitrogen and oxygen atoms in total. The van der Waals surface area contributed by atoms with Gasteiger partial charge in [-0.05, 0) is 44.9 Å². The van der Waals surface area contributed by atoms with Gasteiger partial charge >= 0.3 is 7.82 Å². The first-order chi connectivity index (χ1) is 25.8. The van der Waals surface area contributed by atoms with E-state index in [1.165, 1.54) is 89.5 Å². The van der Waals surface area contributed by atoms with Crippen LogP contribution in [0.5, 0.6) is 0 Å². The average Bonchev–Trinajstić information content (AvgIpc) is 3.14. The summed E-state index contributed by atoms with van der Waals surface area (Å²) in [7, 11) is -5.14. The molecule has 0 saturated heterocycles. The van der Waals surface area contributed by atoms with E-state index in [0.717, 1.165) is 38.5 Å². The van der Waals surface area contributed by atoms with Crippen molar-refractivity contribution in [2.24, 2.45) is 0 Å². The monoisotopic (exact) mass is 794 g/mol. The van der Waals surface area contributed by atoms with Crippen molar-refractivity contribution in [3.05, 3.63) is 24.3 Å². The Labute approximate surface area is 324 Å². The predicted octanol–water partition coefficient (Wildman–Crippen LogP) is 5.64. The number of nitrogens with one attached hydrogen (secondary N) is 1. The van der Waals surface area contributed by atoms with Gasteiger partial charge in [0.1, 0.15) is 36.6 Å². The molecule has 1 saturated carbocycles. The molecule has 0 aromatic rings. The highest BCUT2D eigenvalue weighted by atomic mass is 31.2. The van der Waals surface area contributed by atoms with Gasteiger partial charge in [-0.25, -0.2) is 4.57 Å². The van der Waals surface area contributed by atoms with E-state index in [0.29, 0.717) is 19.3 Å². The molecule has 8 unspecified atom stereocenters. The van der Waals surface area contributed by atoms with E-state index in [1.807, 2.05) is 0 Å². The highest BCUT2D eigenvalue weighted by Gasteiger charge is 2.51. The van der Waals surface area contributed by atoms with Crippen molar-refractivity contribution in [2.45, 2.75) is 216 Å². The number of hydrogen-bond donors (Lipinski definition) is 9. The van der Waals surface area contributed by atoms with Gasteiger partial charge in [0, 0.05) is 0 Å². The van der Waals surface area contributed by atoms with Crippen LogP contribution in [0.2, 0.25) is 0 Å². The topological polar surface area (TPSA) is 226 Å². The third-order valence-corrected chi connectivity index (χ3v) is 11.0. The second-order valence-corrected chi connectivity index (χ2v) is 16.4. The Morgan fingerprint density at radius 2 is 1.07 bits per heavy atom. The lowest BCUT2D eigenvalue weighted by molar-refractivity contribution is -0.220. The molecule has 1 aliphatic rings. The Morgan fingerprint density at radius 1 is 0.648 bits per heavy atom. The summed E-state index contributed by atoms with van der Waals surface area (Å²) in [5.74, 6) is -0.612. The zero-order valence-electron chi connectivity index (χ0n) is 33.1. The number of carbonyl (C=O) groups is 1. The minimum absolute atomic E-state index is 0.265. The molecule has 318 valence electrons. The number of hydrogen-bond acceptors (Lipinski definition) is 11. The quantitative estimate of drug-likeness (QED) is 0.0224. The largest absolute Gasteiger partial charge is 0.472 e. The lowest BCUT2D eigenvalue weighted by Crippen LogP contribution is -2.64. The van der Waals surface area contributed by atoms with Crippen molar-refractivity contribution >= 4 is 13.7 Å². The van der Waals surface area contributed by atoms with E-state index in [4.69, 9.17) is 9.05 Å². The molecule has 1 amide bonds. The Balaban J connectivity index is 2.65. The SMILES string of the molecule is CCCCCCCC/C=C\CCCC(O)CC(=O)NC(COP(=O)(O)OC1C(O)C(O)C(O)C(O)C1O)C(O)/C=C/CCCCCCCCCCCCC. The molecule has 0 radical (unpaired) electrons. The number of allylic oxidation sites excluding steroid dienone is 3. The van der Waals surface area contributed by atoms with Gasteiger partial charge < -0.3 is 46.0 Å². The molecule has 14 heteroatoms. The smallest absolute Gasteiger partial charge is 0.393 e. The second kappa shape index (κ2) is 30.9. The van der Waals surface area contributed by atoms with E-state index in [9.17, 15) is 50.0 Å². The standard InChI is InChI=1S/C40H76NO12P/c1-3-5-7-9-11-13-15-16-18-20-22-24-26-28-33(43)32(30-52-54(50,51)53-40-38(48)36(46)35(45)37(47)39(40)49)41-34(44)29-31(42)27-25-23-21-19-17-14-12-10-8-6-4-2/h19,21,26,28,31-33,35-40,42-43,45-49H,3-18,20,22-25,27,29-30H2,1-2H3,(H,41,44)(H,50,51)/b21-19-,28-26+. The number of rotatable bonds is 33. The first-order valence-corrected chi connectivity index (χ1v) is 22.4. The third-order valence-electron chi connectivity index (χ3n) is 10.0. The third kappa shape index (κ3) is 23.1. The van der Waals surface area contributed by atoms with Crippen LogP contribution in [0.1, 0.15) is 162 Å². The van der Waals surface area contributed by atoms with Gasteiger partial charge in [-0.2, -0.15) is 0 Å². The van der Waals surface area contributed by atoms with Crippen molar-refractivity contribution < 1.29 is 59.0 Å². The average molecular weight is 794 g/mol. The first kappa shape index (κ1) is 50.8. The van der Waals surface area contributed by atoms with E-state index in [1.54, 1.807) is 6.08 Å². The number of aliphatic hydroxyl groups excluding tert-OH is 7. The van der Waals surface area contributed by atoms with Crippen LogP contribution in [0, 0.1) is 0 Å². The zero-order valence-corrected chi connectivity index (χ0v) is 34.0. The molecule has 1 rings (SSSR count). The maximum Gasteiger partial charge on any atom is 0.472 e.